The highest BCUT2D eigenvalue weighted by Crippen LogP contribution is 2.49. The van der Waals surface area contributed by atoms with Crippen LogP contribution in [0.15, 0.2) is 84.9 Å². The second-order valence-corrected chi connectivity index (χ2v) is 17.2. The fourth-order valence-corrected chi connectivity index (χ4v) is 9.00. The van der Waals surface area contributed by atoms with Crippen molar-refractivity contribution in [1.29, 1.82) is 0 Å². The Hall–Kier alpha value is -8.05. The molecule has 4 aliphatic rings. The molecule has 7 N–H and O–H groups in total. The summed E-state index contributed by atoms with van der Waals surface area (Å²) in [6, 6.07) is 10.5. The van der Waals surface area contributed by atoms with Crippen LogP contribution in [0.5, 0.6) is 5.75 Å². The molecule has 0 spiro atoms. The van der Waals surface area contributed by atoms with E-state index in [2.05, 4.69) is 37.2 Å². The van der Waals surface area contributed by atoms with Gasteiger partial charge in [-0.05, 0) is 78.9 Å². The summed E-state index contributed by atoms with van der Waals surface area (Å²) in [6.07, 6.45) is -9.78. The predicted octanol–water partition coefficient (Wildman–Crippen LogP) is 10.6. The lowest BCUT2D eigenvalue weighted by atomic mass is 9.93. The first kappa shape index (κ1) is 49.9. The minimum Gasteiger partial charge on any atom is -0.489 e. The number of carbonyl (C=O) groups is 5. The van der Waals surface area contributed by atoms with Crippen LogP contribution < -0.4 is 42.0 Å². The highest BCUT2D eigenvalue weighted by atomic mass is 35.5. The lowest BCUT2D eigenvalue weighted by Crippen LogP contribution is -2.29. The van der Waals surface area contributed by atoms with E-state index in [0.717, 1.165) is 24.3 Å². The summed E-state index contributed by atoms with van der Waals surface area (Å²) >= 11 is 12.5. The van der Waals surface area contributed by atoms with Crippen LogP contribution in [0.1, 0.15) is 86.9 Å². The van der Waals surface area contributed by atoms with Crippen LogP contribution in [0.4, 0.5) is 72.3 Å². The minimum absolute atomic E-state index is 0.000974. The van der Waals surface area contributed by atoms with Gasteiger partial charge in [0.15, 0.2) is 0 Å². The number of anilines is 5. The Morgan fingerprint density at radius 2 is 1.07 bits per heavy atom. The van der Waals surface area contributed by atoms with E-state index in [9.17, 15) is 67.9 Å². The van der Waals surface area contributed by atoms with Gasteiger partial charge in [-0.1, -0.05) is 23.2 Å². The largest absolute Gasteiger partial charge is 0.489 e. The maximum absolute atomic E-state index is 14.1. The number of alkyl halides is 6. The van der Waals surface area contributed by atoms with Crippen LogP contribution in [-0.2, 0) is 17.1 Å². The minimum atomic E-state index is -4.90. The molecule has 4 aliphatic heterocycles. The number of amides is 5. The molecule has 6 aromatic carbocycles. The Kier molecular flexibility index (Phi) is 12.9. The SMILES string of the molecule is O=C(Nc1cc2c(c3c1C(c1cc(F)ccc1Cl)NC3=O)NCCO2)c1cc(F)cc(C(F)(F)F)c1.O=C1CNc2cc(NC(=O)c3cc(F)cc(C(F)(F)F)c3)c3c(c2N1)C(=O)NC3c1cc(F)ccc1Cl. The predicted molar refractivity (Wildman–Crippen MR) is 244 cm³/mol. The van der Waals surface area contributed by atoms with E-state index in [1.807, 2.05) is 0 Å². The van der Waals surface area contributed by atoms with E-state index in [1.165, 1.54) is 24.3 Å². The summed E-state index contributed by atoms with van der Waals surface area (Å²) < 4.78 is 140. The number of fused-ring (bicyclic) bond motifs is 6. The van der Waals surface area contributed by atoms with Gasteiger partial charge in [-0.3, -0.25) is 24.0 Å². The van der Waals surface area contributed by atoms with Gasteiger partial charge in [0.05, 0.1) is 63.6 Å². The number of ether oxygens (including phenoxy) is 1. The summed E-state index contributed by atoms with van der Waals surface area (Å²) in [4.78, 5) is 64.0. The number of rotatable bonds is 6. The van der Waals surface area contributed by atoms with Gasteiger partial charge in [0.2, 0.25) is 5.91 Å². The molecule has 2 atom stereocenters. The van der Waals surface area contributed by atoms with Crippen molar-refractivity contribution in [2.45, 2.75) is 24.4 Å². The Labute approximate surface area is 413 Å². The Bertz CT molecular complexity index is 3370. The average molecular weight is 1060 g/mol. The first-order chi connectivity index (χ1) is 34.4. The van der Waals surface area contributed by atoms with Gasteiger partial charge in [-0.2, -0.15) is 26.3 Å². The lowest BCUT2D eigenvalue weighted by Gasteiger charge is -2.24. The van der Waals surface area contributed by atoms with Gasteiger partial charge < -0.3 is 42.0 Å². The molecule has 6 aromatic rings. The molecule has 13 nitrogen and oxygen atoms in total. The quantitative estimate of drug-likeness (QED) is 0.0806. The summed E-state index contributed by atoms with van der Waals surface area (Å²) in [5.41, 5.74) is -2.64. The highest BCUT2D eigenvalue weighted by molar-refractivity contribution is 6.32. The molecule has 0 aromatic heterocycles. The molecule has 0 bridgehead atoms. The molecule has 0 radical (unpaired) electrons. The molecule has 25 heteroatoms. The van der Waals surface area contributed by atoms with E-state index in [1.54, 1.807) is 0 Å². The van der Waals surface area contributed by atoms with Crippen molar-refractivity contribution in [1.82, 2.24) is 10.6 Å². The number of halogens is 12. The standard InChI is InChI=1S/C24H14ClF5N4O3.C24H15ClF5N3O3/c25-14-2-1-11(26)6-13(14)20-18-15(7-16-21(19(18)23(37)34-20)33-17(35)8-31-16)32-22(36)9-3-10(24(28,29)30)5-12(27)4-9;25-15-2-1-12(26)8-14(15)20-18-16(9-17-21(31-3-4-36-17)19(18)23(35)33-20)32-22(34)10-5-11(24(28,29)30)7-13(27)6-10/h1-7,20,31H,8H2,(H,32,36)(H,33,35)(H,34,37);1-2,5-9,20,31H,3-4H2,(H,32,34)(H,33,35). The molecular weight excluding hydrogens is 1030 g/mol. The zero-order valence-electron chi connectivity index (χ0n) is 36.3. The topological polar surface area (TPSA) is 179 Å². The third kappa shape index (κ3) is 9.84. The number of benzene rings is 6. The second-order valence-electron chi connectivity index (χ2n) is 16.4. The molecule has 376 valence electrons. The van der Waals surface area contributed by atoms with E-state index in [0.29, 0.717) is 36.5 Å². The smallest absolute Gasteiger partial charge is 0.416 e. The molecule has 0 fully saturated rings. The Morgan fingerprint density at radius 1 is 0.589 bits per heavy atom. The average Bonchev–Trinajstić information content (AvgIpc) is 3.87. The third-order valence-corrected chi connectivity index (χ3v) is 12.3. The number of hydrogen-bond acceptors (Lipinski definition) is 8. The Morgan fingerprint density at radius 3 is 1.56 bits per heavy atom. The molecule has 2 unspecified atom stereocenters. The maximum atomic E-state index is 14.1. The Balaban J connectivity index is 0.000000180. The van der Waals surface area contributed by atoms with Crippen LogP contribution >= 0.6 is 23.2 Å². The van der Waals surface area contributed by atoms with Crippen molar-refractivity contribution < 1.29 is 72.6 Å². The monoisotopic (exact) mass is 1060 g/mol. The van der Waals surface area contributed by atoms with Gasteiger partial charge >= 0.3 is 12.4 Å². The van der Waals surface area contributed by atoms with Crippen molar-refractivity contribution in [3.05, 3.63) is 174 Å². The fraction of sp³-hybridized carbons (Fsp3) is 0.146. The molecular formula is C48H29Cl2F10N7O6. The number of carbonyl (C=O) groups excluding carboxylic acids is 5. The second kappa shape index (κ2) is 18.8. The number of hydrogen-bond donors (Lipinski definition) is 7. The van der Waals surface area contributed by atoms with Crippen LogP contribution in [0.2, 0.25) is 10.0 Å². The lowest BCUT2D eigenvalue weighted by molar-refractivity contribution is -0.138. The molecule has 0 saturated carbocycles. The summed E-state index contributed by atoms with van der Waals surface area (Å²) in [6.45, 7) is 0.477. The van der Waals surface area contributed by atoms with Crippen molar-refractivity contribution in [3.63, 3.8) is 0 Å². The maximum Gasteiger partial charge on any atom is 0.416 e. The summed E-state index contributed by atoms with van der Waals surface area (Å²) in [5.74, 6) is -7.46. The normalized spacial score (nSPS) is 16.4. The van der Waals surface area contributed by atoms with E-state index in [-0.39, 0.29) is 97.2 Å². The van der Waals surface area contributed by atoms with Crippen LogP contribution in [0.25, 0.3) is 0 Å². The molecule has 5 amide bonds. The van der Waals surface area contributed by atoms with Gasteiger partial charge in [0.25, 0.3) is 23.6 Å². The highest BCUT2D eigenvalue weighted by Gasteiger charge is 2.41. The van der Waals surface area contributed by atoms with Crippen LogP contribution in [0, 0.1) is 23.3 Å². The first-order valence-corrected chi connectivity index (χ1v) is 21.9. The van der Waals surface area contributed by atoms with Crippen molar-refractivity contribution in [2.24, 2.45) is 0 Å². The van der Waals surface area contributed by atoms with Crippen molar-refractivity contribution >= 4 is 81.2 Å². The van der Waals surface area contributed by atoms with Gasteiger partial charge in [0.1, 0.15) is 35.6 Å². The molecule has 10 rings (SSSR count). The van der Waals surface area contributed by atoms with Crippen molar-refractivity contribution in [3.8, 4) is 5.75 Å². The van der Waals surface area contributed by atoms with Crippen LogP contribution in [0.3, 0.4) is 0 Å². The zero-order chi connectivity index (χ0) is 52.4. The van der Waals surface area contributed by atoms with E-state index < -0.39 is 99.5 Å². The van der Waals surface area contributed by atoms with E-state index in [4.69, 9.17) is 27.9 Å². The molecule has 4 heterocycles. The van der Waals surface area contributed by atoms with Crippen LogP contribution in [-0.4, -0.2) is 49.2 Å². The molecule has 0 saturated heterocycles. The zero-order valence-corrected chi connectivity index (χ0v) is 37.9. The summed E-state index contributed by atoms with van der Waals surface area (Å²) in [5, 5.41) is 18.9. The molecule has 0 aliphatic carbocycles. The van der Waals surface area contributed by atoms with Gasteiger partial charge in [-0.15, -0.1) is 0 Å². The third-order valence-electron chi connectivity index (χ3n) is 11.7. The van der Waals surface area contributed by atoms with Gasteiger partial charge in [0, 0.05) is 61.7 Å². The van der Waals surface area contributed by atoms with E-state index >= 15 is 0 Å². The van der Waals surface area contributed by atoms with Crippen molar-refractivity contribution in [2.75, 3.05) is 46.3 Å². The fourth-order valence-electron chi connectivity index (χ4n) is 8.55. The molecule has 73 heavy (non-hydrogen) atoms. The van der Waals surface area contributed by atoms with Gasteiger partial charge in [-0.25, -0.2) is 17.6 Å². The first-order valence-electron chi connectivity index (χ1n) is 21.2. The number of nitrogens with one attached hydrogen (secondary N) is 7. The summed E-state index contributed by atoms with van der Waals surface area (Å²) in [7, 11) is 0.